The summed E-state index contributed by atoms with van der Waals surface area (Å²) < 4.78 is 10.7. The summed E-state index contributed by atoms with van der Waals surface area (Å²) in [6.45, 7) is 0. The lowest BCUT2D eigenvalue weighted by Crippen LogP contribution is -2.57. The maximum Gasteiger partial charge on any atom is 0.147 e. The third kappa shape index (κ3) is 1.21. The van der Waals surface area contributed by atoms with Crippen LogP contribution in [0.2, 0.25) is 0 Å². The maximum atomic E-state index is 10.5. The molecule has 0 saturated carbocycles. The number of hydrogen-bond donors (Lipinski definition) is 1. The third-order valence-corrected chi connectivity index (χ3v) is 3.87. The van der Waals surface area contributed by atoms with Crippen LogP contribution in [0.3, 0.4) is 0 Å². The molecule has 2 bridgehead atoms. The topological polar surface area (TPSA) is 41.9 Å². The van der Waals surface area contributed by atoms with Gasteiger partial charge in [-0.25, -0.2) is 0 Å². The predicted octanol–water partition coefficient (Wildman–Crippen LogP) is 0.203. The van der Waals surface area contributed by atoms with Gasteiger partial charge < -0.3 is 14.6 Å². The van der Waals surface area contributed by atoms with E-state index in [4.69, 9.17) is 9.47 Å². The molecular formula is C10H19NO3. The average molecular weight is 201 g/mol. The fraction of sp³-hybridized carbons (Fsp3) is 1.00. The molecule has 0 aromatic carbocycles. The molecule has 0 aromatic heterocycles. The van der Waals surface area contributed by atoms with Crippen LogP contribution in [0.5, 0.6) is 0 Å². The molecule has 1 N–H and O–H groups in total. The van der Waals surface area contributed by atoms with E-state index in [2.05, 4.69) is 0 Å². The number of aliphatic hydroxyl groups is 1. The summed E-state index contributed by atoms with van der Waals surface area (Å²) in [7, 11) is 5.33. The van der Waals surface area contributed by atoms with Gasteiger partial charge in [0, 0.05) is 26.7 Å². The monoisotopic (exact) mass is 201 g/mol. The van der Waals surface area contributed by atoms with Crippen molar-refractivity contribution in [3.8, 4) is 0 Å². The Kier molecular flexibility index (Phi) is 2.55. The Labute approximate surface area is 84.8 Å². The highest BCUT2D eigenvalue weighted by Crippen LogP contribution is 2.43. The second-order valence-corrected chi connectivity index (χ2v) is 4.34. The standard InChI is InChI=1S/C10H19NO3/c1-11-7-4-5-9(14-3)10(11,12)6-8(7)13-2/h7-9,12H,4-6H2,1-3H3/t7-,8?,9?,10+/m1/s1. The van der Waals surface area contributed by atoms with Crippen molar-refractivity contribution in [1.29, 1.82) is 0 Å². The van der Waals surface area contributed by atoms with E-state index in [1.165, 1.54) is 0 Å². The Morgan fingerprint density at radius 3 is 2.57 bits per heavy atom. The van der Waals surface area contributed by atoms with Crippen LogP contribution in [-0.4, -0.2) is 55.2 Å². The first-order valence-corrected chi connectivity index (χ1v) is 5.14. The first-order chi connectivity index (χ1) is 6.63. The van der Waals surface area contributed by atoms with Crippen molar-refractivity contribution >= 4 is 0 Å². The number of likely N-dealkylation sites (N-methyl/N-ethyl adjacent to an activating group) is 1. The van der Waals surface area contributed by atoms with Gasteiger partial charge in [-0.2, -0.15) is 0 Å². The summed E-state index contributed by atoms with van der Waals surface area (Å²) in [5, 5.41) is 10.5. The molecule has 4 atom stereocenters. The third-order valence-electron chi connectivity index (χ3n) is 3.87. The van der Waals surface area contributed by atoms with E-state index >= 15 is 0 Å². The number of hydrogen-bond acceptors (Lipinski definition) is 4. The van der Waals surface area contributed by atoms with E-state index in [0.717, 1.165) is 12.8 Å². The Balaban J connectivity index is 2.23. The van der Waals surface area contributed by atoms with Gasteiger partial charge in [-0.1, -0.05) is 0 Å². The first-order valence-electron chi connectivity index (χ1n) is 5.14. The Hall–Kier alpha value is -0.160. The Morgan fingerprint density at radius 1 is 1.29 bits per heavy atom. The smallest absolute Gasteiger partial charge is 0.147 e. The van der Waals surface area contributed by atoms with Crippen molar-refractivity contribution in [2.45, 2.75) is 43.2 Å². The van der Waals surface area contributed by atoms with E-state index < -0.39 is 5.72 Å². The molecule has 4 heteroatoms. The van der Waals surface area contributed by atoms with Gasteiger partial charge in [0.05, 0.1) is 12.2 Å². The molecular weight excluding hydrogens is 182 g/mol. The lowest BCUT2D eigenvalue weighted by molar-refractivity contribution is -0.188. The Morgan fingerprint density at radius 2 is 2.00 bits per heavy atom. The highest BCUT2D eigenvalue weighted by Gasteiger charge is 2.56. The lowest BCUT2D eigenvalue weighted by atomic mass is 9.97. The van der Waals surface area contributed by atoms with Crippen LogP contribution in [0.25, 0.3) is 0 Å². The highest BCUT2D eigenvalue weighted by atomic mass is 16.5. The highest BCUT2D eigenvalue weighted by molar-refractivity contribution is 5.06. The minimum Gasteiger partial charge on any atom is -0.380 e. The molecule has 2 fully saturated rings. The number of methoxy groups -OCH3 is 2. The second kappa shape index (κ2) is 3.45. The van der Waals surface area contributed by atoms with Gasteiger partial charge in [0.2, 0.25) is 0 Å². The number of rotatable bonds is 2. The van der Waals surface area contributed by atoms with Gasteiger partial charge in [0.1, 0.15) is 5.72 Å². The molecule has 2 aliphatic heterocycles. The van der Waals surface area contributed by atoms with Crippen LogP contribution >= 0.6 is 0 Å². The molecule has 0 radical (unpaired) electrons. The van der Waals surface area contributed by atoms with E-state index in [1.54, 1.807) is 14.2 Å². The molecule has 4 nitrogen and oxygen atoms in total. The zero-order chi connectivity index (χ0) is 10.3. The van der Waals surface area contributed by atoms with Crippen LogP contribution in [0.1, 0.15) is 19.3 Å². The van der Waals surface area contributed by atoms with Crippen molar-refractivity contribution < 1.29 is 14.6 Å². The molecule has 14 heavy (non-hydrogen) atoms. The summed E-state index contributed by atoms with van der Waals surface area (Å²) in [5.41, 5.74) is -0.821. The summed E-state index contributed by atoms with van der Waals surface area (Å²) in [4.78, 5) is 2.01. The maximum absolute atomic E-state index is 10.5. The molecule has 82 valence electrons. The van der Waals surface area contributed by atoms with Gasteiger partial charge in [0.15, 0.2) is 0 Å². The summed E-state index contributed by atoms with van der Waals surface area (Å²) >= 11 is 0. The quantitative estimate of drug-likeness (QED) is 0.693. The van der Waals surface area contributed by atoms with Crippen molar-refractivity contribution in [3.63, 3.8) is 0 Å². The van der Waals surface area contributed by atoms with Gasteiger partial charge in [-0.05, 0) is 19.9 Å². The molecule has 2 aliphatic rings. The molecule has 2 heterocycles. The molecule has 2 unspecified atom stereocenters. The fourth-order valence-electron chi connectivity index (χ4n) is 2.95. The summed E-state index contributed by atoms with van der Waals surface area (Å²) in [6, 6.07) is 0.344. The molecule has 0 aromatic rings. The fourth-order valence-corrected chi connectivity index (χ4v) is 2.95. The minimum atomic E-state index is -0.821. The van der Waals surface area contributed by atoms with Gasteiger partial charge in [-0.3, -0.25) is 4.90 Å². The van der Waals surface area contributed by atoms with Crippen molar-refractivity contribution in [3.05, 3.63) is 0 Å². The van der Waals surface area contributed by atoms with Crippen LogP contribution in [0.15, 0.2) is 0 Å². The van der Waals surface area contributed by atoms with Crippen LogP contribution in [-0.2, 0) is 9.47 Å². The number of nitrogens with zero attached hydrogens (tertiary/aromatic N) is 1. The van der Waals surface area contributed by atoms with Gasteiger partial charge >= 0.3 is 0 Å². The van der Waals surface area contributed by atoms with Crippen molar-refractivity contribution in [2.75, 3.05) is 21.3 Å². The van der Waals surface area contributed by atoms with Crippen LogP contribution in [0.4, 0.5) is 0 Å². The first kappa shape index (κ1) is 10.4. The number of ether oxygens (including phenoxy) is 2. The molecule has 0 spiro atoms. The molecule has 0 amide bonds. The predicted molar refractivity (Wildman–Crippen MR) is 51.9 cm³/mol. The van der Waals surface area contributed by atoms with Gasteiger partial charge in [0.25, 0.3) is 0 Å². The summed E-state index contributed by atoms with van der Waals surface area (Å²) in [6.07, 6.45) is 2.68. The number of piperidine rings is 1. The SMILES string of the molecule is COC1C[C@]2(O)C(OC)CC[C@H]1N2C. The van der Waals surface area contributed by atoms with E-state index in [9.17, 15) is 5.11 Å². The largest absolute Gasteiger partial charge is 0.380 e. The average Bonchev–Trinajstić information content (AvgIpc) is 2.35. The number of fused-ring (bicyclic) bond motifs is 2. The van der Waals surface area contributed by atoms with Crippen LogP contribution in [0, 0.1) is 0 Å². The van der Waals surface area contributed by atoms with Crippen molar-refractivity contribution in [2.24, 2.45) is 0 Å². The zero-order valence-corrected chi connectivity index (χ0v) is 9.06. The summed E-state index contributed by atoms with van der Waals surface area (Å²) in [5.74, 6) is 0. The second-order valence-electron chi connectivity index (χ2n) is 4.34. The molecule has 2 rings (SSSR count). The van der Waals surface area contributed by atoms with Crippen LogP contribution < -0.4 is 0 Å². The van der Waals surface area contributed by atoms with Gasteiger partial charge in [-0.15, -0.1) is 0 Å². The molecule has 2 saturated heterocycles. The normalized spacial score (nSPS) is 48.4. The van der Waals surface area contributed by atoms with Crippen molar-refractivity contribution in [1.82, 2.24) is 4.90 Å². The minimum absolute atomic E-state index is 0.0797. The zero-order valence-electron chi connectivity index (χ0n) is 9.06. The lowest BCUT2D eigenvalue weighted by Gasteiger charge is -2.43. The van der Waals surface area contributed by atoms with E-state index in [-0.39, 0.29) is 12.2 Å². The van der Waals surface area contributed by atoms with E-state index in [1.807, 2.05) is 11.9 Å². The molecule has 0 aliphatic carbocycles. The Bertz CT molecular complexity index is 223. The van der Waals surface area contributed by atoms with E-state index in [0.29, 0.717) is 12.5 Å².